The molecular weight excluding hydrogens is 268 g/mol. The second kappa shape index (κ2) is 4.14. The van der Waals surface area contributed by atoms with Gasteiger partial charge in [-0.3, -0.25) is 9.97 Å². The van der Waals surface area contributed by atoms with Gasteiger partial charge in [0.25, 0.3) is 0 Å². The van der Waals surface area contributed by atoms with E-state index in [0.717, 1.165) is 23.5 Å². The lowest BCUT2D eigenvalue weighted by atomic mass is 10.0. The van der Waals surface area contributed by atoms with Crippen LogP contribution in [0.3, 0.4) is 0 Å². The molecule has 0 atom stereocenters. The first kappa shape index (κ1) is 11.9. The molecule has 2 aromatic heterocycles. The van der Waals surface area contributed by atoms with Gasteiger partial charge in [-0.15, -0.1) is 0 Å². The molecule has 0 radical (unpaired) electrons. The average molecular weight is 282 g/mol. The zero-order valence-corrected chi connectivity index (χ0v) is 12.3. The molecule has 4 aromatic rings. The van der Waals surface area contributed by atoms with E-state index in [1.165, 1.54) is 32.7 Å². The van der Waals surface area contributed by atoms with Crippen LogP contribution in [0.4, 0.5) is 0 Å². The molecule has 0 spiro atoms. The Kier molecular flexibility index (Phi) is 2.23. The van der Waals surface area contributed by atoms with E-state index < -0.39 is 0 Å². The van der Waals surface area contributed by atoms with Gasteiger partial charge in [0.1, 0.15) is 0 Å². The van der Waals surface area contributed by atoms with Gasteiger partial charge in [-0.25, -0.2) is 0 Å². The molecule has 2 heteroatoms. The molecule has 0 saturated carbocycles. The molecule has 0 unspecified atom stereocenters. The smallest absolute Gasteiger partial charge is 0.0934 e. The van der Waals surface area contributed by atoms with Gasteiger partial charge in [-0.1, -0.05) is 48.5 Å². The number of hydrogen-bond acceptors (Lipinski definition) is 2. The predicted molar refractivity (Wildman–Crippen MR) is 90.0 cm³/mol. The summed E-state index contributed by atoms with van der Waals surface area (Å²) in [6, 6.07) is 17.0. The van der Waals surface area contributed by atoms with Crippen molar-refractivity contribution >= 4 is 21.5 Å². The summed E-state index contributed by atoms with van der Waals surface area (Å²) in [4.78, 5) is 9.58. The van der Waals surface area contributed by atoms with Crippen LogP contribution < -0.4 is 0 Å². The van der Waals surface area contributed by atoms with E-state index in [1.807, 2.05) is 6.20 Å². The molecule has 0 bridgehead atoms. The van der Waals surface area contributed by atoms with Crippen molar-refractivity contribution in [3.8, 4) is 11.4 Å². The first-order valence-corrected chi connectivity index (χ1v) is 7.58. The fourth-order valence-electron chi connectivity index (χ4n) is 3.64. The fourth-order valence-corrected chi connectivity index (χ4v) is 3.64. The maximum Gasteiger partial charge on any atom is 0.0934 e. The van der Waals surface area contributed by atoms with Crippen LogP contribution in [-0.4, -0.2) is 9.97 Å². The van der Waals surface area contributed by atoms with Crippen molar-refractivity contribution in [1.29, 1.82) is 0 Å². The number of pyridine rings is 2. The molecule has 22 heavy (non-hydrogen) atoms. The van der Waals surface area contributed by atoms with Crippen molar-refractivity contribution in [2.24, 2.45) is 0 Å². The van der Waals surface area contributed by atoms with Crippen molar-refractivity contribution in [1.82, 2.24) is 9.97 Å². The normalized spacial score (nSPS) is 12.6. The molecule has 2 heterocycles. The quantitative estimate of drug-likeness (QED) is 0.413. The molecule has 0 saturated heterocycles. The van der Waals surface area contributed by atoms with E-state index >= 15 is 0 Å². The minimum atomic E-state index is 0.923. The van der Waals surface area contributed by atoms with Crippen molar-refractivity contribution < 1.29 is 0 Å². The Bertz CT molecular complexity index is 1060. The van der Waals surface area contributed by atoms with E-state index in [1.54, 1.807) is 0 Å². The fraction of sp³-hybridized carbons (Fsp3) is 0.100. The van der Waals surface area contributed by atoms with E-state index in [0.29, 0.717) is 0 Å². The molecule has 2 nitrogen and oxygen atoms in total. The largest absolute Gasteiger partial charge is 0.254 e. The maximum atomic E-state index is 4.87. The number of nitrogens with zero attached hydrogens (tertiary/aromatic N) is 2. The van der Waals surface area contributed by atoms with Gasteiger partial charge in [-0.2, -0.15) is 0 Å². The van der Waals surface area contributed by atoms with Crippen LogP contribution in [0.2, 0.25) is 0 Å². The van der Waals surface area contributed by atoms with E-state index in [9.17, 15) is 0 Å². The third-order valence-corrected chi connectivity index (χ3v) is 4.69. The highest BCUT2D eigenvalue weighted by Gasteiger charge is 2.25. The summed E-state index contributed by atoms with van der Waals surface area (Å²) in [7, 11) is 0. The Hall–Kier alpha value is -2.74. The van der Waals surface area contributed by atoms with Crippen LogP contribution in [-0.2, 0) is 6.42 Å². The zero-order chi connectivity index (χ0) is 14.7. The second-order valence-electron chi connectivity index (χ2n) is 5.92. The number of rotatable bonds is 0. The number of hydrogen-bond donors (Lipinski definition) is 0. The molecule has 0 amide bonds. The number of aryl methyl sites for hydroxylation is 1. The van der Waals surface area contributed by atoms with Gasteiger partial charge in [0, 0.05) is 29.1 Å². The summed E-state index contributed by atoms with van der Waals surface area (Å²) in [5, 5.41) is 5.06. The van der Waals surface area contributed by atoms with Crippen molar-refractivity contribution in [2.45, 2.75) is 13.3 Å². The molecule has 0 N–H and O–H groups in total. The van der Waals surface area contributed by atoms with Crippen LogP contribution in [0.15, 0.2) is 54.7 Å². The SMILES string of the molecule is Cc1nc2c(c3ccccc13)Cc1c-2ncc2ccccc12. The number of fused-ring (bicyclic) bond motifs is 7. The van der Waals surface area contributed by atoms with Crippen molar-refractivity contribution in [3.63, 3.8) is 0 Å². The van der Waals surface area contributed by atoms with Crippen LogP contribution >= 0.6 is 0 Å². The number of aromatic nitrogens is 2. The highest BCUT2D eigenvalue weighted by molar-refractivity contribution is 5.98. The van der Waals surface area contributed by atoms with Crippen LogP contribution in [0.5, 0.6) is 0 Å². The van der Waals surface area contributed by atoms with Gasteiger partial charge < -0.3 is 0 Å². The third-order valence-electron chi connectivity index (χ3n) is 4.69. The molecule has 0 fully saturated rings. The van der Waals surface area contributed by atoms with E-state index in [2.05, 4.69) is 55.5 Å². The predicted octanol–water partition coefficient (Wildman–Crippen LogP) is 4.66. The Labute approximate surface area is 128 Å². The highest BCUT2D eigenvalue weighted by Crippen LogP contribution is 2.41. The van der Waals surface area contributed by atoms with Gasteiger partial charge in [0.05, 0.1) is 11.4 Å². The van der Waals surface area contributed by atoms with Crippen LogP contribution in [0.25, 0.3) is 32.9 Å². The van der Waals surface area contributed by atoms with Crippen molar-refractivity contribution in [3.05, 3.63) is 71.5 Å². The molecule has 104 valence electrons. The molecule has 5 rings (SSSR count). The summed E-state index contributed by atoms with van der Waals surface area (Å²) in [6.07, 6.45) is 2.89. The van der Waals surface area contributed by atoms with Gasteiger partial charge in [0.15, 0.2) is 0 Å². The maximum absolute atomic E-state index is 4.87. The first-order chi connectivity index (χ1) is 10.8. The average Bonchev–Trinajstić information content (AvgIpc) is 2.94. The van der Waals surface area contributed by atoms with E-state index in [-0.39, 0.29) is 0 Å². The van der Waals surface area contributed by atoms with Gasteiger partial charge in [-0.05, 0) is 28.8 Å². The lowest BCUT2D eigenvalue weighted by Crippen LogP contribution is -1.92. The monoisotopic (exact) mass is 282 g/mol. The molecule has 1 aliphatic rings. The Morgan fingerprint density at radius 2 is 1.45 bits per heavy atom. The highest BCUT2D eigenvalue weighted by atomic mass is 14.8. The van der Waals surface area contributed by atoms with Gasteiger partial charge >= 0.3 is 0 Å². The first-order valence-electron chi connectivity index (χ1n) is 7.58. The number of benzene rings is 2. The summed E-state index contributed by atoms with van der Waals surface area (Å²) >= 11 is 0. The minimum Gasteiger partial charge on any atom is -0.254 e. The summed E-state index contributed by atoms with van der Waals surface area (Å²) in [6.45, 7) is 2.08. The Morgan fingerprint density at radius 3 is 2.32 bits per heavy atom. The molecule has 1 aliphatic carbocycles. The molecular formula is C20H14N2. The van der Waals surface area contributed by atoms with E-state index in [4.69, 9.17) is 9.97 Å². The molecule has 2 aromatic carbocycles. The summed E-state index contributed by atoms with van der Waals surface area (Å²) in [5.74, 6) is 0. The minimum absolute atomic E-state index is 0.923. The Balaban J connectivity index is 1.91. The lowest BCUT2D eigenvalue weighted by Gasteiger charge is -2.07. The lowest BCUT2D eigenvalue weighted by molar-refractivity contribution is 1.20. The standard InChI is InChI=1S/C20H14N2/c1-12-14-7-4-5-9-16(14)18-10-17-15-8-3-2-6-13(15)11-21-19(17)20(18)22-12/h2-9,11H,10H2,1H3. The zero-order valence-electron chi connectivity index (χ0n) is 12.3. The van der Waals surface area contributed by atoms with Crippen LogP contribution in [0.1, 0.15) is 16.8 Å². The Morgan fingerprint density at radius 1 is 0.773 bits per heavy atom. The van der Waals surface area contributed by atoms with Gasteiger partial charge in [0.2, 0.25) is 0 Å². The summed E-state index contributed by atoms with van der Waals surface area (Å²) < 4.78 is 0. The molecule has 0 aliphatic heterocycles. The second-order valence-corrected chi connectivity index (χ2v) is 5.92. The van der Waals surface area contributed by atoms with Crippen molar-refractivity contribution in [2.75, 3.05) is 0 Å². The van der Waals surface area contributed by atoms with Crippen LogP contribution in [0, 0.1) is 6.92 Å². The topological polar surface area (TPSA) is 25.8 Å². The third kappa shape index (κ3) is 1.44. The summed E-state index contributed by atoms with van der Waals surface area (Å²) in [5.41, 5.74) is 5.84.